The standard InChI is InChI=1S/C31H42N2O5.C31H41NO5.C23H32N2O6.C20H28N2O6/c1-7-8-9-25(30(37)33-38)26(18-20(2)3)29(36)32-27(19-21-10-16-24(34)17-11-21)28(35)22-12-14-23(15-13-22)31(4,5)6;1-7-8-9-25(30(36)37)26(18-20(2)3)29(35)32-27(19-21-10-16-24(33)17-11-21)28(34)22-12-14-23(15-13-22)31(4,5)6;1-4-12-31-22(28)11-10-20(26)19(14-17-8-6-5-7-9-17)24-23(29)18(13-16(2)3)15-21(27)25-30;1-13(2)10-15(12-18(24)22-28)20(27)21-16(17(23)8-9-19(25)26)11-14-6-4-3-5-7-14/h7,10-17,20,25-27,34,38H,1,8-9,18-19H2,2-6H3,(H,32,36)(H,33,37);7,10-17,20,25-27,33H,1,8-9,18-19H2,2-6H3,(H,32,35)(H,36,37);4-9,16,18-19,30H,1,10-15H2,2-3H3,(H,24,29)(H,25,27);3-7,13,15-16,28H,8-12H2,1-2H3,(H,21,27)(H,22,24)(H,25,26)/t2*25-,26+,27-;18-,19?;15-,16?/m0011/s1. The summed E-state index contributed by atoms with van der Waals surface area (Å²) in [6.45, 7) is 38.9. The molecule has 7 amide bonds. The summed E-state index contributed by atoms with van der Waals surface area (Å²) in [6.07, 6.45) is 7.80. The Morgan fingerprint density at radius 3 is 1.01 bits per heavy atom. The zero-order valence-electron chi connectivity index (χ0n) is 80.1. The predicted octanol–water partition coefficient (Wildman–Crippen LogP) is 15.3. The topological polar surface area (TPSA) is 474 Å². The summed E-state index contributed by atoms with van der Waals surface area (Å²) >= 11 is 0. The molecule has 0 aliphatic heterocycles. The molecule has 6 rings (SSSR count). The molecule has 10 atom stereocenters. The molecule has 0 saturated carbocycles. The number of Topliss-reactive ketones (excluding diaryl/α,β-unsaturated/α-hetero) is 4. The molecule has 6 aromatic carbocycles. The molecule has 730 valence electrons. The van der Waals surface area contributed by atoms with E-state index in [9.17, 15) is 87.7 Å². The van der Waals surface area contributed by atoms with Crippen LogP contribution >= 0.6 is 0 Å². The van der Waals surface area contributed by atoms with Crippen molar-refractivity contribution in [3.63, 3.8) is 0 Å². The Bertz CT molecular complexity index is 4750. The third-order valence-corrected chi connectivity index (χ3v) is 22.2. The number of amides is 7. The zero-order chi connectivity index (χ0) is 101. The second-order valence-corrected chi connectivity index (χ2v) is 37.4. The molecule has 29 heteroatoms. The number of allylic oxidation sites excluding steroid dienone is 2. The summed E-state index contributed by atoms with van der Waals surface area (Å²) in [7, 11) is 0. The lowest BCUT2D eigenvalue weighted by Crippen LogP contribution is -2.48. The van der Waals surface area contributed by atoms with Crippen molar-refractivity contribution in [3.8, 4) is 11.5 Å². The summed E-state index contributed by atoms with van der Waals surface area (Å²) in [6, 6.07) is 42.5. The maximum atomic E-state index is 13.7. The number of aromatic hydroxyl groups is 2. The van der Waals surface area contributed by atoms with Crippen LogP contribution in [-0.2, 0) is 98.8 Å². The third-order valence-electron chi connectivity index (χ3n) is 22.2. The van der Waals surface area contributed by atoms with Gasteiger partial charge in [-0.2, -0.15) is 0 Å². The predicted molar refractivity (Wildman–Crippen MR) is 512 cm³/mol. The summed E-state index contributed by atoms with van der Waals surface area (Å²) in [5.74, 6) is -11.5. The summed E-state index contributed by atoms with van der Waals surface area (Å²) in [4.78, 5) is 176. The molecule has 6 aromatic rings. The Kier molecular flexibility index (Phi) is 51.6. The highest BCUT2D eigenvalue weighted by molar-refractivity contribution is 6.04. The Labute approximate surface area is 788 Å². The number of ether oxygens (including phenoxy) is 1. The number of carboxylic acids is 2. The molecule has 0 aliphatic carbocycles. The van der Waals surface area contributed by atoms with E-state index in [-0.39, 0.29) is 140 Å². The van der Waals surface area contributed by atoms with Crippen LogP contribution in [0.3, 0.4) is 0 Å². The first-order valence-electron chi connectivity index (χ1n) is 45.6. The maximum Gasteiger partial charge on any atom is 0.307 e. The molecule has 0 fully saturated rings. The molecule has 0 aromatic heterocycles. The van der Waals surface area contributed by atoms with Crippen molar-refractivity contribution in [1.82, 2.24) is 37.7 Å². The van der Waals surface area contributed by atoms with Gasteiger partial charge < -0.3 is 46.4 Å². The first-order valence-corrected chi connectivity index (χ1v) is 45.6. The fourth-order valence-corrected chi connectivity index (χ4v) is 15.0. The maximum absolute atomic E-state index is 13.7. The molecule has 0 radical (unpaired) electrons. The van der Waals surface area contributed by atoms with Crippen molar-refractivity contribution in [2.75, 3.05) is 6.61 Å². The lowest BCUT2D eigenvalue weighted by Gasteiger charge is -2.28. The Morgan fingerprint density at radius 2 is 0.694 bits per heavy atom. The number of nitrogens with one attached hydrogen (secondary N) is 7. The van der Waals surface area contributed by atoms with Gasteiger partial charge in [-0.15, -0.1) is 13.2 Å². The van der Waals surface area contributed by atoms with Crippen molar-refractivity contribution < 1.29 is 108 Å². The van der Waals surface area contributed by atoms with E-state index in [1.807, 2.05) is 140 Å². The van der Waals surface area contributed by atoms with E-state index in [0.29, 0.717) is 62.5 Å². The second kappa shape index (κ2) is 59.8. The van der Waals surface area contributed by atoms with Crippen LogP contribution in [-0.4, -0.2) is 149 Å². The largest absolute Gasteiger partial charge is 0.508 e. The highest BCUT2D eigenvalue weighted by Crippen LogP contribution is 2.32. The van der Waals surface area contributed by atoms with Gasteiger partial charge in [0.05, 0.1) is 54.8 Å². The molecule has 2 unspecified atom stereocenters. The van der Waals surface area contributed by atoms with Gasteiger partial charge in [0.15, 0.2) is 23.1 Å². The average molecular weight is 1860 g/mol. The molecular weight excluding hydrogens is 1710 g/mol. The van der Waals surface area contributed by atoms with Gasteiger partial charge in [-0.3, -0.25) is 82.7 Å². The van der Waals surface area contributed by atoms with E-state index in [1.54, 1.807) is 71.6 Å². The van der Waals surface area contributed by atoms with E-state index in [0.717, 1.165) is 33.4 Å². The van der Waals surface area contributed by atoms with Crippen molar-refractivity contribution in [1.29, 1.82) is 0 Å². The van der Waals surface area contributed by atoms with E-state index in [4.69, 9.17) is 20.3 Å². The fraction of sp³-hybridized carbons (Fsp3) is 0.467. The number of hydrogen-bond donors (Lipinski definition) is 14. The number of phenols is 2. The number of carbonyl (C=O) groups excluding carboxylic acids is 12. The number of carbonyl (C=O) groups is 14. The average Bonchev–Trinajstić information content (AvgIpc) is 0.823. The van der Waals surface area contributed by atoms with Crippen LogP contribution in [0.15, 0.2) is 196 Å². The van der Waals surface area contributed by atoms with Crippen molar-refractivity contribution in [2.45, 2.75) is 248 Å². The number of hydrogen-bond acceptors (Lipinski definition) is 20. The highest BCUT2D eigenvalue weighted by Gasteiger charge is 2.39. The van der Waals surface area contributed by atoms with Gasteiger partial charge in [0.1, 0.15) is 18.1 Å². The molecule has 0 heterocycles. The van der Waals surface area contributed by atoms with Gasteiger partial charge in [0.2, 0.25) is 41.4 Å². The van der Waals surface area contributed by atoms with Crippen LogP contribution in [0.5, 0.6) is 11.5 Å². The third kappa shape index (κ3) is 43.8. The van der Waals surface area contributed by atoms with E-state index >= 15 is 0 Å². The number of esters is 1. The van der Waals surface area contributed by atoms with Gasteiger partial charge >= 0.3 is 17.9 Å². The van der Waals surface area contributed by atoms with Crippen LogP contribution in [0.25, 0.3) is 0 Å². The smallest absolute Gasteiger partial charge is 0.307 e. The van der Waals surface area contributed by atoms with Crippen LogP contribution in [0.1, 0.15) is 241 Å². The van der Waals surface area contributed by atoms with Crippen molar-refractivity contribution >= 4 is 82.4 Å². The second-order valence-electron chi connectivity index (χ2n) is 37.4. The van der Waals surface area contributed by atoms with E-state index in [1.165, 1.54) is 35.8 Å². The molecule has 14 N–H and O–H groups in total. The minimum atomic E-state index is -1.09. The lowest BCUT2D eigenvalue weighted by atomic mass is 9.81. The summed E-state index contributed by atoms with van der Waals surface area (Å²) in [5, 5.41) is 76.2. The molecule has 0 spiro atoms. The normalized spacial score (nSPS) is 13.4. The molecule has 134 heavy (non-hydrogen) atoms. The number of ketones is 4. The van der Waals surface area contributed by atoms with Gasteiger partial charge in [0.25, 0.3) is 0 Å². The SMILES string of the molecule is C=CCC[C@H](C(=O)NO)[C@@H](CC(C)C)C(=O)N[C@@H](Cc1ccc(O)cc1)C(=O)c1ccc(C(C)(C)C)cc1.C=CCC[C@H](C(=O)O)[C@@H](CC(C)C)C(=O)N[C@@H](Cc1ccc(O)cc1)C(=O)c1ccc(C(C)(C)C)cc1.C=CCOC(=O)CCC(=O)C(Cc1ccccc1)NC(=O)[C@@H](CC(=O)NO)CC(C)C.CC(C)C[C@H](CC(=O)NO)C(=O)NC(Cc1ccccc1)C(=O)CCC(=O)O. The van der Waals surface area contributed by atoms with Gasteiger partial charge in [-0.25, -0.2) is 16.4 Å². The van der Waals surface area contributed by atoms with Gasteiger partial charge in [-0.1, -0.05) is 255 Å². The molecule has 0 saturated heterocycles. The molecule has 0 bridgehead atoms. The first kappa shape index (κ1) is 116. The fourth-order valence-electron chi connectivity index (χ4n) is 15.0. The van der Waals surface area contributed by atoms with Gasteiger partial charge in [0, 0.05) is 67.4 Å². The molecule has 29 nitrogen and oxygen atoms in total. The first-order chi connectivity index (χ1) is 63.2. The summed E-state index contributed by atoms with van der Waals surface area (Å²) in [5.41, 5.74) is 11.0. The number of rotatable bonds is 52. The number of carboxylic acid groups (broad SMARTS) is 2. The Balaban J connectivity index is 0.000000463. The van der Waals surface area contributed by atoms with Crippen LogP contribution in [0, 0.1) is 59.2 Å². The van der Waals surface area contributed by atoms with Crippen LogP contribution < -0.4 is 37.7 Å². The number of benzene rings is 6. The zero-order valence-corrected chi connectivity index (χ0v) is 80.1. The number of phenolic OH excluding ortho intramolecular Hbond substituents is 2. The minimum Gasteiger partial charge on any atom is -0.508 e. The highest BCUT2D eigenvalue weighted by atomic mass is 16.5. The monoisotopic (exact) mass is 1850 g/mol. The number of aliphatic carboxylic acids is 2. The minimum absolute atomic E-state index is 0.0669. The number of hydroxylamine groups is 3. The lowest BCUT2D eigenvalue weighted by molar-refractivity contribution is -0.148. The van der Waals surface area contributed by atoms with Crippen LogP contribution in [0.4, 0.5) is 0 Å². The van der Waals surface area contributed by atoms with Crippen LogP contribution in [0.2, 0.25) is 0 Å². The van der Waals surface area contributed by atoms with E-state index in [2.05, 4.69) is 82.5 Å². The Hall–Kier alpha value is -12.6. The van der Waals surface area contributed by atoms with Crippen molar-refractivity contribution in [3.05, 3.63) is 240 Å². The van der Waals surface area contributed by atoms with Crippen molar-refractivity contribution in [2.24, 2.45) is 59.2 Å². The summed E-state index contributed by atoms with van der Waals surface area (Å²) < 4.78 is 4.89. The van der Waals surface area contributed by atoms with E-state index < -0.39 is 119 Å². The molecule has 0 aliphatic rings. The Morgan fingerprint density at radius 1 is 0.366 bits per heavy atom. The quantitative estimate of drug-likeness (QED) is 0.00554. The van der Waals surface area contributed by atoms with Gasteiger partial charge in [-0.05, 0) is 156 Å². The molecular formula is C105H143N7O22.